The molecule has 1 rings (SSSR count). The van der Waals surface area contributed by atoms with Crippen molar-refractivity contribution in [2.75, 3.05) is 0 Å². The molecular formula is C12H16FNO2. The normalized spacial score (nSPS) is 12.6. The molecule has 0 heterocycles. The van der Waals surface area contributed by atoms with Crippen molar-refractivity contribution in [1.82, 2.24) is 0 Å². The summed E-state index contributed by atoms with van der Waals surface area (Å²) in [5.41, 5.74) is 5.95. The number of benzene rings is 1. The van der Waals surface area contributed by atoms with Crippen LogP contribution in [0.1, 0.15) is 19.4 Å². The second-order valence-electron chi connectivity index (χ2n) is 3.97. The van der Waals surface area contributed by atoms with E-state index in [0.29, 0.717) is 5.56 Å². The number of esters is 1. The monoisotopic (exact) mass is 225 g/mol. The van der Waals surface area contributed by atoms with Gasteiger partial charge in [0.25, 0.3) is 0 Å². The summed E-state index contributed by atoms with van der Waals surface area (Å²) in [6, 6.07) is 5.51. The van der Waals surface area contributed by atoms with Crippen molar-refractivity contribution in [3.05, 3.63) is 35.6 Å². The van der Waals surface area contributed by atoms with Crippen molar-refractivity contribution in [3.63, 3.8) is 0 Å². The third-order valence-electron chi connectivity index (χ3n) is 2.32. The lowest BCUT2D eigenvalue weighted by atomic mass is 10.1. The molecule has 1 aromatic carbocycles. The molecule has 0 amide bonds. The highest BCUT2D eigenvalue weighted by atomic mass is 19.1. The Morgan fingerprint density at radius 1 is 1.44 bits per heavy atom. The summed E-state index contributed by atoms with van der Waals surface area (Å²) < 4.78 is 18.1. The molecule has 0 fully saturated rings. The Balaban J connectivity index is 2.52. The maximum Gasteiger partial charge on any atom is 0.323 e. The standard InChI is InChI=1S/C12H16FNO2/c1-8(2)11(14)12(15)16-7-9-5-3-4-6-10(9)13/h3-6,8,11H,7,14H2,1-2H3. The van der Waals surface area contributed by atoms with Gasteiger partial charge in [-0.3, -0.25) is 4.79 Å². The first-order chi connectivity index (χ1) is 7.52. The Morgan fingerprint density at radius 2 is 2.06 bits per heavy atom. The van der Waals surface area contributed by atoms with Crippen molar-refractivity contribution in [2.45, 2.75) is 26.5 Å². The number of hydrogen-bond donors (Lipinski definition) is 1. The van der Waals surface area contributed by atoms with Crippen molar-refractivity contribution in [2.24, 2.45) is 11.7 Å². The van der Waals surface area contributed by atoms with Crippen molar-refractivity contribution < 1.29 is 13.9 Å². The summed E-state index contributed by atoms with van der Waals surface area (Å²) in [7, 11) is 0. The number of hydrogen-bond acceptors (Lipinski definition) is 3. The van der Waals surface area contributed by atoms with E-state index in [0.717, 1.165) is 0 Å². The smallest absolute Gasteiger partial charge is 0.323 e. The van der Waals surface area contributed by atoms with Gasteiger partial charge in [0.05, 0.1) is 0 Å². The van der Waals surface area contributed by atoms with Crippen molar-refractivity contribution in [3.8, 4) is 0 Å². The minimum Gasteiger partial charge on any atom is -0.460 e. The second kappa shape index (κ2) is 5.61. The first-order valence-corrected chi connectivity index (χ1v) is 5.18. The van der Waals surface area contributed by atoms with Crippen LogP contribution in [0.2, 0.25) is 0 Å². The highest BCUT2D eigenvalue weighted by Crippen LogP contribution is 2.09. The van der Waals surface area contributed by atoms with Crippen LogP contribution in [0.3, 0.4) is 0 Å². The molecule has 1 aromatic rings. The van der Waals surface area contributed by atoms with Gasteiger partial charge in [-0.25, -0.2) is 4.39 Å². The van der Waals surface area contributed by atoms with Crippen LogP contribution in [0.15, 0.2) is 24.3 Å². The maximum atomic E-state index is 13.2. The molecule has 4 heteroatoms. The molecule has 2 N–H and O–H groups in total. The molecule has 0 saturated heterocycles. The summed E-state index contributed by atoms with van der Waals surface area (Å²) in [5, 5.41) is 0. The molecule has 0 aliphatic heterocycles. The summed E-state index contributed by atoms with van der Waals surface area (Å²) in [6.45, 7) is 3.58. The van der Waals surface area contributed by atoms with Crippen molar-refractivity contribution >= 4 is 5.97 Å². The summed E-state index contributed by atoms with van der Waals surface area (Å²) in [5.74, 6) is -0.875. The minimum absolute atomic E-state index is 0.00752. The number of ether oxygens (including phenoxy) is 1. The van der Waals surface area contributed by atoms with Crippen LogP contribution in [0.4, 0.5) is 4.39 Å². The second-order valence-corrected chi connectivity index (χ2v) is 3.97. The average molecular weight is 225 g/mol. The van der Waals surface area contributed by atoms with Crippen LogP contribution in [0.5, 0.6) is 0 Å². The predicted octanol–water partition coefficient (Wildman–Crippen LogP) is 1.85. The zero-order valence-electron chi connectivity index (χ0n) is 9.44. The molecule has 1 atom stereocenters. The van der Waals surface area contributed by atoms with Gasteiger partial charge in [0, 0.05) is 5.56 Å². The van der Waals surface area contributed by atoms with E-state index in [1.54, 1.807) is 18.2 Å². The summed E-state index contributed by atoms with van der Waals surface area (Å²) >= 11 is 0. The van der Waals surface area contributed by atoms with Gasteiger partial charge in [-0.1, -0.05) is 32.0 Å². The van der Waals surface area contributed by atoms with Crippen molar-refractivity contribution in [1.29, 1.82) is 0 Å². The molecule has 0 bridgehead atoms. The Labute approximate surface area is 94.4 Å². The zero-order valence-corrected chi connectivity index (χ0v) is 9.44. The predicted molar refractivity (Wildman–Crippen MR) is 59.0 cm³/mol. The lowest BCUT2D eigenvalue weighted by Crippen LogP contribution is -2.36. The first kappa shape index (κ1) is 12.6. The quantitative estimate of drug-likeness (QED) is 0.796. The summed E-state index contributed by atoms with van der Waals surface area (Å²) in [6.07, 6.45) is 0. The minimum atomic E-state index is -0.660. The Kier molecular flexibility index (Phi) is 4.43. The van der Waals surface area contributed by atoms with Gasteiger partial charge in [0.15, 0.2) is 0 Å². The van der Waals surface area contributed by atoms with E-state index in [-0.39, 0.29) is 18.3 Å². The number of carbonyl (C=O) groups is 1. The van der Waals surface area contributed by atoms with E-state index in [9.17, 15) is 9.18 Å². The van der Waals surface area contributed by atoms with E-state index >= 15 is 0 Å². The van der Waals surface area contributed by atoms with Crippen LogP contribution in [-0.2, 0) is 16.1 Å². The van der Waals surface area contributed by atoms with E-state index in [1.165, 1.54) is 6.07 Å². The van der Waals surface area contributed by atoms with Crippen LogP contribution < -0.4 is 5.73 Å². The summed E-state index contributed by atoms with van der Waals surface area (Å²) in [4.78, 5) is 11.4. The average Bonchev–Trinajstić information content (AvgIpc) is 2.26. The maximum absolute atomic E-state index is 13.2. The van der Waals surface area contributed by atoms with E-state index < -0.39 is 12.0 Å². The molecular weight excluding hydrogens is 209 g/mol. The van der Waals surface area contributed by atoms with Gasteiger partial charge in [0.2, 0.25) is 0 Å². The third-order valence-corrected chi connectivity index (χ3v) is 2.32. The highest BCUT2D eigenvalue weighted by molar-refractivity contribution is 5.75. The third kappa shape index (κ3) is 3.31. The van der Waals surface area contributed by atoms with E-state index in [2.05, 4.69) is 0 Å². The number of carbonyl (C=O) groups excluding carboxylic acids is 1. The van der Waals surface area contributed by atoms with Crippen LogP contribution in [0, 0.1) is 11.7 Å². The Bertz CT molecular complexity index is 366. The zero-order chi connectivity index (χ0) is 12.1. The first-order valence-electron chi connectivity index (χ1n) is 5.18. The molecule has 0 aliphatic rings. The van der Waals surface area contributed by atoms with Gasteiger partial charge in [0.1, 0.15) is 18.5 Å². The molecule has 0 saturated carbocycles. The van der Waals surface area contributed by atoms with Gasteiger partial charge in [-0.2, -0.15) is 0 Å². The fourth-order valence-electron chi connectivity index (χ4n) is 1.13. The largest absolute Gasteiger partial charge is 0.460 e. The van der Waals surface area contributed by atoms with Gasteiger partial charge in [-0.05, 0) is 12.0 Å². The van der Waals surface area contributed by atoms with Crippen LogP contribution in [-0.4, -0.2) is 12.0 Å². The van der Waals surface area contributed by atoms with Crippen LogP contribution >= 0.6 is 0 Å². The van der Waals surface area contributed by atoms with Gasteiger partial charge >= 0.3 is 5.97 Å². The number of rotatable bonds is 4. The molecule has 88 valence electrons. The molecule has 0 aliphatic carbocycles. The van der Waals surface area contributed by atoms with E-state index in [4.69, 9.17) is 10.5 Å². The van der Waals surface area contributed by atoms with E-state index in [1.807, 2.05) is 13.8 Å². The molecule has 0 aromatic heterocycles. The van der Waals surface area contributed by atoms with Crippen LogP contribution in [0.25, 0.3) is 0 Å². The topological polar surface area (TPSA) is 52.3 Å². The Morgan fingerprint density at radius 3 is 2.62 bits per heavy atom. The molecule has 3 nitrogen and oxygen atoms in total. The lowest BCUT2D eigenvalue weighted by molar-refractivity contribution is -0.147. The SMILES string of the molecule is CC(C)C(N)C(=O)OCc1ccccc1F. The Hall–Kier alpha value is -1.42. The van der Waals surface area contributed by atoms with Gasteiger partial charge < -0.3 is 10.5 Å². The highest BCUT2D eigenvalue weighted by Gasteiger charge is 2.18. The molecule has 1 unspecified atom stereocenters. The molecule has 0 spiro atoms. The van der Waals surface area contributed by atoms with Gasteiger partial charge in [-0.15, -0.1) is 0 Å². The lowest BCUT2D eigenvalue weighted by Gasteiger charge is -2.14. The molecule has 16 heavy (non-hydrogen) atoms. The number of nitrogens with two attached hydrogens (primary N) is 1. The fourth-order valence-corrected chi connectivity index (χ4v) is 1.13. The fraction of sp³-hybridized carbons (Fsp3) is 0.417. The number of halogens is 1. The molecule has 0 radical (unpaired) electrons.